The largest absolute Gasteiger partial charge is 0.465 e. The van der Waals surface area contributed by atoms with E-state index in [4.69, 9.17) is 10.00 Å². The molecule has 0 aliphatic rings. The van der Waals surface area contributed by atoms with Crippen LogP contribution in [0.25, 0.3) is 0 Å². The minimum absolute atomic E-state index is 0.182. The number of methoxy groups -OCH3 is 1. The summed E-state index contributed by atoms with van der Waals surface area (Å²) in [6.07, 6.45) is 1.18. The van der Waals surface area contributed by atoms with Crippen molar-refractivity contribution in [2.45, 2.75) is 13.8 Å². The fourth-order valence-corrected chi connectivity index (χ4v) is 2.29. The number of hydrazine groups is 1. The summed E-state index contributed by atoms with van der Waals surface area (Å²) in [5.74, 6) is -1.18. The van der Waals surface area contributed by atoms with Crippen LogP contribution in [0, 0.1) is 18.3 Å². The number of thiophene rings is 1. The molecule has 7 nitrogen and oxygen atoms in total. The lowest BCUT2D eigenvalue weighted by atomic mass is 10.3. The summed E-state index contributed by atoms with van der Waals surface area (Å²) >= 11 is 1.23. The molecule has 112 valence electrons. The van der Waals surface area contributed by atoms with Crippen LogP contribution in [-0.2, 0) is 14.3 Å². The summed E-state index contributed by atoms with van der Waals surface area (Å²) in [5.41, 5.74) is 6.54. The van der Waals surface area contributed by atoms with Gasteiger partial charge in [0.2, 0.25) is 0 Å². The van der Waals surface area contributed by atoms with Crippen LogP contribution >= 0.6 is 11.3 Å². The molecular formula is C13H15N3O4S. The number of carbonyl (C=O) groups excluding carboxylic acids is 2. The van der Waals surface area contributed by atoms with Crippen molar-refractivity contribution in [1.82, 2.24) is 5.43 Å². The molecule has 0 saturated heterocycles. The van der Waals surface area contributed by atoms with Gasteiger partial charge >= 0.3 is 11.9 Å². The number of hydrogen-bond donors (Lipinski definition) is 2. The topological polar surface area (TPSA) is 100 Å². The Bertz CT molecular complexity index is 601. The minimum Gasteiger partial charge on any atom is -0.465 e. The van der Waals surface area contributed by atoms with E-state index in [9.17, 15) is 9.59 Å². The highest BCUT2D eigenvalue weighted by Gasteiger charge is 2.16. The van der Waals surface area contributed by atoms with Crippen molar-refractivity contribution >= 4 is 29.0 Å². The van der Waals surface area contributed by atoms with Gasteiger partial charge in [0.05, 0.1) is 19.4 Å². The van der Waals surface area contributed by atoms with Gasteiger partial charge in [0.25, 0.3) is 0 Å². The number of rotatable bonds is 6. The smallest absolute Gasteiger partial charge is 0.350 e. The highest BCUT2D eigenvalue weighted by atomic mass is 32.1. The number of anilines is 1. The predicted octanol–water partition coefficient (Wildman–Crippen LogP) is 1.73. The van der Waals surface area contributed by atoms with Crippen molar-refractivity contribution in [2.24, 2.45) is 0 Å². The van der Waals surface area contributed by atoms with Crippen LogP contribution in [0.15, 0.2) is 17.2 Å². The normalized spacial score (nSPS) is 10.5. The monoisotopic (exact) mass is 309 g/mol. The van der Waals surface area contributed by atoms with Crippen LogP contribution in [0.3, 0.4) is 0 Å². The zero-order valence-electron chi connectivity index (χ0n) is 11.9. The summed E-state index contributed by atoms with van der Waals surface area (Å²) in [6, 6.07) is 1.72. The van der Waals surface area contributed by atoms with Gasteiger partial charge in [0, 0.05) is 6.20 Å². The van der Waals surface area contributed by atoms with E-state index in [0.29, 0.717) is 10.6 Å². The SMILES string of the molecule is CCOC(=O)/C(C#N)=C/NNc1c(C)csc1C(=O)OC. The maximum atomic E-state index is 11.6. The summed E-state index contributed by atoms with van der Waals surface area (Å²) in [5, 5.41) is 10.6. The van der Waals surface area contributed by atoms with Crippen molar-refractivity contribution in [3.05, 3.63) is 27.6 Å². The second-order valence-corrected chi connectivity index (χ2v) is 4.65. The molecular weight excluding hydrogens is 294 g/mol. The quantitative estimate of drug-likeness (QED) is 0.357. The third kappa shape index (κ3) is 4.22. The molecule has 1 heterocycles. The molecule has 0 atom stereocenters. The first-order valence-electron chi connectivity index (χ1n) is 6.00. The number of carbonyl (C=O) groups is 2. The van der Waals surface area contributed by atoms with Crippen LogP contribution in [0.1, 0.15) is 22.2 Å². The number of esters is 2. The average molecular weight is 309 g/mol. The molecule has 1 aromatic rings. The lowest BCUT2D eigenvalue weighted by Gasteiger charge is -2.08. The Labute approximate surface area is 126 Å². The molecule has 1 aromatic heterocycles. The molecule has 1 rings (SSSR count). The van der Waals surface area contributed by atoms with Crippen molar-refractivity contribution in [3.63, 3.8) is 0 Å². The van der Waals surface area contributed by atoms with E-state index in [-0.39, 0.29) is 12.2 Å². The second-order valence-electron chi connectivity index (χ2n) is 3.77. The van der Waals surface area contributed by atoms with Crippen LogP contribution in [-0.4, -0.2) is 25.7 Å². The Kier molecular flexibility index (Phi) is 6.23. The van der Waals surface area contributed by atoms with Gasteiger partial charge in [0.1, 0.15) is 10.9 Å². The molecule has 0 spiro atoms. The Morgan fingerprint density at radius 2 is 2.24 bits per heavy atom. The van der Waals surface area contributed by atoms with Crippen molar-refractivity contribution in [3.8, 4) is 6.07 Å². The van der Waals surface area contributed by atoms with Gasteiger partial charge in [-0.3, -0.25) is 5.43 Å². The summed E-state index contributed by atoms with van der Waals surface area (Å²) < 4.78 is 9.39. The van der Waals surface area contributed by atoms with E-state index in [1.165, 1.54) is 24.6 Å². The molecule has 0 aliphatic heterocycles. The maximum absolute atomic E-state index is 11.6. The number of aryl methyl sites for hydroxylation is 1. The van der Waals surface area contributed by atoms with Crippen molar-refractivity contribution < 1.29 is 19.1 Å². The summed E-state index contributed by atoms with van der Waals surface area (Å²) in [7, 11) is 1.29. The third-order valence-electron chi connectivity index (χ3n) is 2.38. The Morgan fingerprint density at radius 1 is 1.52 bits per heavy atom. The summed E-state index contributed by atoms with van der Waals surface area (Å²) in [4.78, 5) is 23.4. The molecule has 0 bridgehead atoms. The fraction of sp³-hybridized carbons (Fsp3) is 0.308. The molecule has 0 radical (unpaired) electrons. The molecule has 0 unspecified atom stereocenters. The van der Waals surface area contributed by atoms with E-state index >= 15 is 0 Å². The van der Waals surface area contributed by atoms with Gasteiger partial charge in [-0.15, -0.1) is 11.3 Å². The molecule has 0 aliphatic carbocycles. The highest BCUT2D eigenvalue weighted by molar-refractivity contribution is 7.12. The van der Waals surface area contributed by atoms with Crippen LogP contribution in [0.5, 0.6) is 0 Å². The number of hydrogen-bond acceptors (Lipinski definition) is 8. The van der Waals surface area contributed by atoms with E-state index in [1.807, 2.05) is 6.92 Å². The zero-order valence-corrected chi connectivity index (χ0v) is 12.7. The predicted molar refractivity (Wildman–Crippen MR) is 77.5 cm³/mol. The maximum Gasteiger partial charge on any atom is 0.350 e. The van der Waals surface area contributed by atoms with E-state index in [0.717, 1.165) is 5.56 Å². The number of nitrogens with one attached hydrogen (secondary N) is 2. The van der Waals surface area contributed by atoms with Gasteiger partial charge in [-0.1, -0.05) is 0 Å². The van der Waals surface area contributed by atoms with Crippen LogP contribution in [0.4, 0.5) is 5.69 Å². The fourth-order valence-electron chi connectivity index (χ4n) is 1.37. The summed E-state index contributed by atoms with van der Waals surface area (Å²) in [6.45, 7) is 3.64. The van der Waals surface area contributed by atoms with E-state index in [2.05, 4.69) is 15.6 Å². The van der Waals surface area contributed by atoms with Gasteiger partial charge in [0.15, 0.2) is 5.57 Å². The lowest BCUT2D eigenvalue weighted by molar-refractivity contribution is -0.138. The molecule has 0 fully saturated rings. The molecule has 0 saturated carbocycles. The number of ether oxygens (including phenoxy) is 2. The first-order valence-corrected chi connectivity index (χ1v) is 6.88. The number of nitriles is 1. The molecule has 2 N–H and O–H groups in total. The molecule has 8 heteroatoms. The minimum atomic E-state index is -0.718. The van der Waals surface area contributed by atoms with E-state index < -0.39 is 11.9 Å². The first-order chi connectivity index (χ1) is 10.0. The van der Waals surface area contributed by atoms with Crippen molar-refractivity contribution in [1.29, 1.82) is 5.26 Å². The second kappa shape index (κ2) is 7.91. The average Bonchev–Trinajstić information content (AvgIpc) is 2.84. The van der Waals surface area contributed by atoms with Crippen molar-refractivity contribution in [2.75, 3.05) is 19.1 Å². The Hall–Kier alpha value is -2.53. The van der Waals surface area contributed by atoms with Crippen LogP contribution in [0.2, 0.25) is 0 Å². The third-order valence-corrected chi connectivity index (χ3v) is 3.45. The highest BCUT2D eigenvalue weighted by Crippen LogP contribution is 2.27. The van der Waals surface area contributed by atoms with Gasteiger partial charge in [-0.2, -0.15) is 5.26 Å². The zero-order chi connectivity index (χ0) is 15.8. The van der Waals surface area contributed by atoms with Gasteiger partial charge < -0.3 is 14.9 Å². The lowest BCUT2D eigenvalue weighted by Crippen LogP contribution is -2.19. The van der Waals surface area contributed by atoms with Gasteiger partial charge in [-0.05, 0) is 24.8 Å². The number of nitrogens with zero attached hydrogens (tertiary/aromatic N) is 1. The molecule has 0 aromatic carbocycles. The Balaban J connectivity index is 2.80. The first kappa shape index (κ1) is 16.5. The standard InChI is InChI=1S/C13H15N3O4S/c1-4-20-12(17)9(5-14)6-15-16-10-8(2)7-21-11(10)13(18)19-3/h6-7,15-16H,4H2,1-3H3/b9-6+. The molecule has 0 amide bonds. The van der Waals surface area contributed by atoms with Gasteiger partial charge in [-0.25, -0.2) is 9.59 Å². The molecule has 21 heavy (non-hydrogen) atoms. The van der Waals surface area contributed by atoms with E-state index in [1.54, 1.807) is 18.4 Å². The Morgan fingerprint density at radius 3 is 2.81 bits per heavy atom. The van der Waals surface area contributed by atoms with Crippen LogP contribution < -0.4 is 10.9 Å².